The number of ether oxygens (including phenoxy) is 1. The van der Waals surface area contributed by atoms with Gasteiger partial charge in [0.25, 0.3) is 0 Å². The van der Waals surface area contributed by atoms with E-state index in [-0.39, 0.29) is 23.0 Å². The quantitative estimate of drug-likeness (QED) is 0.900. The first kappa shape index (κ1) is 16.0. The maximum absolute atomic E-state index is 13.4. The number of hydrogen-bond acceptors (Lipinski definition) is 4. The molecule has 4 nitrogen and oxygen atoms in total. The number of rotatable bonds is 4. The number of nitrogens with one attached hydrogen (secondary N) is 1. The van der Waals surface area contributed by atoms with E-state index in [2.05, 4.69) is 10.3 Å². The average molecular weight is 336 g/mol. The third-order valence-electron chi connectivity index (χ3n) is 4.30. The molecule has 0 unspecified atom stereocenters. The smallest absolute Gasteiger partial charge is 0.213 e. The third kappa shape index (κ3) is 3.57. The molecule has 1 aliphatic heterocycles. The Bertz CT molecular complexity index is 680. The van der Waals surface area contributed by atoms with Gasteiger partial charge < -0.3 is 15.8 Å². The molecule has 0 amide bonds. The summed E-state index contributed by atoms with van der Waals surface area (Å²) < 4.78 is 19.3. The Balaban J connectivity index is 1.75. The zero-order valence-electron chi connectivity index (χ0n) is 12.8. The summed E-state index contributed by atoms with van der Waals surface area (Å²) in [7, 11) is 0. The Hall–Kier alpha value is -1.85. The molecular formula is C17H19ClFN3O. The fourth-order valence-corrected chi connectivity index (χ4v) is 3.23. The molecule has 0 radical (unpaired) electrons. The second kappa shape index (κ2) is 6.72. The zero-order chi connectivity index (χ0) is 16.4. The van der Waals surface area contributed by atoms with Gasteiger partial charge in [0, 0.05) is 31.0 Å². The molecule has 1 aromatic heterocycles. The van der Waals surface area contributed by atoms with E-state index in [9.17, 15) is 4.39 Å². The van der Waals surface area contributed by atoms with Crippen LogP contribution in [0, 0.1) is 11.7 Å². The van der Waals surface area contributed by atoms with Crippen LogP contribution in [0.3, 0.4) is 0 Å². The van der Waals surface area contributed by atoms with Gasteiger partial charge in [-0.3, -0.25) is 0 Å². The summed E-state index contributed by atoms with van der Waals surface area (Å²) in [5.41, 5.74) is 7.26. The number of hydrogen-bond donors (Lipinski definition) is 2. The highest BCUT2D eigenvalue weighted by Gasteiger charge is 2.34. The molecule has 1 aliphatic rings. The molecule has 122 valence electrons. The van der Waals surface area contributed by atoms with E-state index >= 15 is 0 Å². The highest BCUT2D eigenvalue weighted by molar-refractivity contribution is 6.30. The summed E-state index contributed by atoms with van der Waals surface area (Å²) in [6.45, 7) is 3.67. The number of nitrogen functional groups attached to an aromatic ring is 1. The van der Waals surface area contributed by atoms with Gasteiger partial charge in [0.2, 0.25) is 5.88 Å². The molecule has 0 bridgehead atoms. The molecule has 23 heavy (non-hydrogen) atoms. The van der Waals surface area contributed by atoms with Crippen LogP contribution >= 0.6 is 11.6 Å². The first-order chi connectivity index (χ1) is 11.0. The average Bonchev–Trinajstić information content (AvgIpc) is 3.02. The molecule has 0 spiro atoms. The second-order valence-electron chi connectivity index (χ2n) is 5.85. The van der Waals surface area contributed by atoms with Crippen LogP contribution in [0.1, 0.15) is 18.4 Å². The number of halogens is 2. The number of nitrogens with zero attached hydrogens (tertiary/aromatic N) is 1. The van der Waals surface area contributed by atoms with Crippen LogP contribution in [0.15, 0.2) is 36.5 Å². The largest absolute Gasteiger partial charge is 0.474 e. The van der Waals surface area contributed by atoms with Crippen molar-refractivity contribution in [2.45, 2.75) is 18.9 Å². The Morgan fingerprint density at radius 2 is 2.17 bits per heavy atom. The molecule has 2 aromatic rings. The van der Waals surface area contributed by atoms with Crippen molar-refractivity contribution >= 4 is 17.3 Å². The van der Waals surface area contributed by atoms with Crippen LogP contribution in [-0.4, -0.2) is 24.2 Å². The predicted molar refractivity (Wildman–Crippen MR) is 89.3 cm³/mol. The van der Waals surface area contributed by atoms with Crippen LogP contribution in [0.5, 0.6) is 5.88 Å². The molecule has 3 atom stereocenters. The molecule has 1 saturated heterocycles. The summed E-state index contributed by atoms with van der Waals surface area (Å²) >= 11 is 5.92. The zero-order valence-corrected chi connectivity index (χ0v) is 13.6. The van der Waals surface area contributed by atoms with Crippen molar-refractivity contribution in [3.05, 3.63) is 52.9 Å². The predicted octanol–water partition coefficient (Wildman–Crippen LogP) is 3.23. The first-order valence-corrected chi connectivity index (χ1v) is 7.96. The lowest BCUT2D eigenvalue weighted by atomic mass is 9.85. The van der Waals surface area contributed by atoms with Crippen molar-refractivity contribution in [1.82, 2.24) is 10.3 Å². The van der Waals surface area contributed by atoms with E-state index < -0.39 is 5.82 Å². The lowest BCUT2D eigenvalue weighted by Crippen LogP contribution is -2.29. The van der Waals surface area contributed by atoms with Gasteiger partial charge in [-0.15, -0.1) is 0 Å². The van der Waals surface area contributed by atoms with Gasteiger partial charge in [-0.25, -0.2) is 9.37 Å². The minimum Gasteiger partial charge on any atom is -0.474 e. The number of benzene rings is 1. The van der Waals surface area contributed by atoms with Gasteiger partial charge in [-0.2, -0.15) is 0 Å². The third-order valence-corrected chi connectivity index (χ3v) is 4.59. The summed E-state index contributed by atoms with van der Waals surface area (Å²) in [5.74, 6) is 0.621. The van der Waals surface area contributed by atoms with E-state index in [0.717, 1.165) is 18.7 Å². The Morgan fingerprint density at radius 3 is 2.87 bits per heavy atom. The van der Waals surface area contributed by atoms with E-state index in [1.807, 2.05) is 6.92 Å². The molecule has 0 saturated carbocycles. The number of anilines is 1. The van der Waals surface area contributed by atoms with Gasteiger partial charge in [0.05, 0.1) is 16.9 Å². The topological polar surface area (TPSA) is 60.2 Å². The molecule has 0 aliphatic carbocycles. The minimum atomic E-state index is -0.395. The highest BCUT2D eigenvalue weighted by Crippen LogP contribution is 2.33. The number of nitrogens with two attached hydrogens (primary N) is 1. The van der Waals surface area contributed by atoms with Crippen LogP contribution in [-0.2, 0) is 0 Å². The van der Waals surface area contributed by atoms with Crippen molar-refractivity contribution in [1.29, 1.82) is 0 Å². The van der Waals surface area contributed by atoms with Crippen molar-refractivity contribution < 1.29 is 9.13 Å². The summed E-state index contributed by atoms with van der Waals surface area (Å²) in [6.07, 6.45) is 1.53. The summed E-state index contributed by atoms with van der Waals surface area (Å²) in [6, 6.07) is 8.44. The monoisotopic (exact) mass is 335 g/mol. The lowest BCUT2D eigenvalue weighted by Gasteiger charge is -2.26. The van der Waals surface area contributed by atoms with Crippen molar-refractivity contribution in [3.63, 3.8) is 0 Å². The van der Waals surface area contributed by atoms with E-state index in [4.69, 9.17) is 22.1 Å². The van der Waals surface area contributed by atoms with E-state index in [0.29, 0.717) is 11.6 Å². The maximum atomic E-state index is 13.4. The molecule has 6 heteroatoms. The van der Waals surface area contributed by atoms with Gasteiger partial charge >= 0.3 is 0 Å². The summed E-state index contributed by atoms with van der Waals surface area (Å²) in [4.78, 5) is 4.17. The van der Waals surface area contributed by atoms with E-state index in [1.165, 1.54) is 6.07 Å². The Morgan fingerprint density at radius 1 is 1.35 bits per heavy atom. The van der Waals surface area contributed by atoms with Crippen LogP contribution in [0.25, 0.3) is 0 Å². The molecule has 1 fully saturated rings. The molecule has 3 N–H and O–H groups in total. The normalized spacial score (nSPS) is 22.0. The van der Waals surface area contributed by atoms with Gasteiger partial charge in [0.1, 0.15) is 11.9 Å². The van der Waals surface area contributed by atoms with Gasteiger partial charge in [-0.1, -0.05) is 17.7 Å². The Kier molecular flexibility index (Phi) is 4.68. The van der Waals surface area contributed by atoms with Crippen molar-refractivity contribution in [2.24, 2.45) is 5.92 Å². The number of aromatic nitrogens is 1. The molecular weight excluding hydrogens is 317 g/mol. The van der Waals surface area contributed by atoms with Crippen LogP contribution in [0.4, 0.5) is 10.1 Å². The van der Waals surface area contributed by atoms with Gasteiger partial charge in [0.15, 0.2) is 0 Å². The molecule has 1 aromatic carbocycles. The standard InChI is InChI=1S/C17H19ClFN3O/c1-10(23-17-5-3-12(20)7-22-17)13-8-21-9-14(13)11-2-4-16(19)15(18)6-11/h2-7,10,13-14,21H,8-9,20H2,1H3/t10-,13+,14+/m0/s1. The SMILES string of the molecule is C[C@H](Oc1ccc(N)cn1)[C@H]1CNC[C@@H]1c1ccc(F)c(Cl)c1. The lowest BCUT2D eigenvalue weighted by molar-refractivity contribution is 0.145. The fraction of sp³-hybridized carbons (Fsp3) is 0.353. The molecule has 3 rings (SSSR count). The fourth-order valence-electron chi connectivity index (χ4n) is 3.04. The van der Waals surface area contributed by atoms with Crippen LogP contribution < -0.4 is 15.8 Å². The minimum absolute atomic E-state index is 0.0463. The van der Waals surface area contributed by atoms with Crippen molar-refractivity contribution in [3.8, 4) is 5.88 Å². The maximum Gasteiger partial charge on any atom is 0.213 e. The van der Waals surface area contributed by atoms with E-state index in [1.54, 1.807) is 30.5 Å². The van der Waals surface area contributed by atoms with Gasteiger partial charge in [-0.05, 0) is 30.7 Å². The second-order valence-corrected chi connectivity index (χ2v) is 6.26. The first-order valence-electron chi connectivity index (χ1n) is 7.58. The van der Waals surface area contributed by atoms with Crippen molar-refractivity contribution in [2.75, 3.05) is 18.8 Å². The Labute approximate surface area is 139 Å². The highest BCUT2D eigenvalue weighted by atomic mass is 35.5. The number of pyridine rings is 1. The van der Waals surface area contributed by atoms with Crippen LogP contribution in [0.2, 0.25) is 5.02 Å². The summed E-state index contributed by atoms with van der Waals surface area (Å²) in [5, 5.41) is 3.53. The molecule has 2 heterocycles.